The average molecular weight is 261 g/mol. The lowest BCUT2D eigenvalue weighted by Gasteiger charge is -2.41. The van der Waals surface area contributed by atoms with Gasteiger partial charge in [0.2, 0.25) is 5.91 Å². The number of carbonyl (C=O) groups excluding carboxylic acids is 1. The largest absolute Gasteiger partial charge is 0.353 e. The van der Waals surface area contributed by atoms with E-state index >= 15 is 0 Å². The molecule has 100 valence electrons. The summed E-state index contributed by atoms with van der Waals surface area (Å²) in [4.78, 5) is 13.8. The van der Waals surface area contributed by atoms with E-state index in [9.17, 15) is 9.18 Å². The van der Waals surface area contributed by atoms with Crippen LogP contribution in [0.3, 0.4) is 0 Å². The van der Waals surface area contributed by atoms with Crippen molar-refractivity contribution in [1.29, 1.82) is 5.26 Å². The summed E-state index contributed by atoms with van der Waals surface area (Å²) < 4.78 is 13.3. The summed E-state index contributed by atoms with van der Waals surface area (Å²) in [6.45, 7) is 5.29. The molecule has 0 aromatic heterocycles. The Kier molecular flexibility index (Phi) is 3.54. The minimum Gasteiger partial charge on any atom is -0.353 e. The van der Waals surface area contributed by atoms with Gasteiger partial charge >= 0.3 is 0 Å². The summed E-state index contributed by atoms with van der Waals surface area (Å²) in [7, 11) is 0. The Labute approximate surface area is 111 Å². The molecule has 1 aromatic carbocycles. The van der Waals surface area contributed by atoms with Crippen molar-refractivity contribution >= 4 is 5.91 Å². The van der Waals surface area contributed by atoms with Crippen molar-refractivity contribution in [3.63, 3.8) is 0 Å². The minimum absolute atomic E-state index is 0.0475. The Bertz CT molecular complexity index is 548. The fraction of sp³-hybridized carbons (Fsp3) is 0.429. The monoisotopic (exact) mass is 261 g/mol. The average Bonchev–Trinajstić information content (AvgIpc) is 2.36. The van der Waals surface area contributed by atoms with Gasteiger partial charge in [-0.1, -0.05) is 0 Å². The fourth-order valence-corrected chi connectivity index (χ4v) is 2.23. The van der Waals surface area contributed by atoms with Gasteiger partial charge in [-0.3, -0.25) is 9.69 Å². The van der Waals surface area contributed by atoms with Crippen LogP contribution in [0, 0.1) is 17.1 Å². The lowest BCUT2D eigenvalue weighted by molar-refractivity contribution is -0.135. The van der Waals surface area contributed by atoms with E-state index in [0.717, 1.165) is 0 Å². The van der Waals surface area contributed by atoms with Gasteiger partial charge in [0.1, 0.15) is 5.82 Å². The molecule has 1 aliphatic rings. The predicted octanol–water partition coefficient (Wildman–Crippen LogP) is 1.41. The normalized spacial score (nSPS) is 18.7. The van der Waals surface area contributed by atoms with Crippen LogP contribution in [-0.2, 0) is 11.3 Å². The number of hydrogen-bond donors (Lipinski definition) is 1. The van der Waals surface area contributed by atoms with Crippen LogP contribution < -0.4 is 5.32 Å². The second-order valence-corrected chi connectivity index (χ2v) is 5.15. The van der Waals surface area contributed by atoms with Crippen LogP contribution in [0.5, 0.6) is 0 Å². The number of carbonyl (C=O) groups is 1. The van der Waals surface area contributed by atoms with Gasteiger partial charge in [0.05, 0.1) is 17.2 Å². The molecule has 0 aliphatic carbocycles. The summed E-state index contributed by atoms with van der Waals surface area (Å²) >= 11 is 0. The van der Waals surface area contributed by atoms with Gasteiger partial charge < -0.3 is 5.32 Å². The molecule has 0 unspecified atom stereocenters. The van der Waals surface area contributed by atoms with Crippen LogP contribution in [-0.4, -0.2) is 29.4 Å². The van der Waals surface area contributed by atoms with Crippen molar-refractivity contribution in [2.75, 3.05) is 13.1 Å². The highest BCUT2D eigenvalue weighted by molar-refractivity contribution is 5.86. The smallest absolute Gasteiger partial charge is 0.240 e. The van der Waals surface area contributed by atoms with E-state index in [4.69, 9.17) is 5.26 Å². The summed E-state index contributed by atoms with van der Waals surface area (Å²) in [5, 5.41) is 11.9. The highest BCUT2D eigenvalue weighted by Gasteiger charge is 2.37. The Balaban J connectivity index is 2.28. The van der Waals surface area contributed by atoms with Crippen LogP contribution in [0.1, 0.15) is 25.0 Å². The van der Waals surface area contributed by atoms with Crippen molar-refractivity contribution in [1.82, 2.24) is 10.2 Å². The second-order valence-electron chi connectivity index (χ2n) is 5.15. The maximum Gasteiger partial charge on any atom is 0.240 e. The lowest BCUT2D eigenvalue weighted by Crippen LogP contribution is -2.61. The number of piperazine rings is 1. The van der Waals surface area contributed by atoms with Gasteiger partial charge in [0, 0.05) is 19.6 Å². The predicted molar refractivity (Wildman–Crippen MR) is 68.6 cm³/mol. The number of halogens is 1. The molecule has 1 saturated heterocycles. The number of hydrogen-bond acceptors (Lipinski definition) is 3. The van der Waals surface area contributed by atoms with Gasteiger partial charge in [0.15, 0.2) is 0 Å². The third kappa shape index (κ3) is 2.59. The van der Waals surface area contributed by atoms with E-state index in [1.54, 1.807) is 0 Å². The molecule has 1 aliphatic heterocycles. The van der Waals surface area contributed by atoms with Crippen molar-refractivity contribution in [2.45, 2.75) is 25.9 Å². The summed E-state index contributed by atoms with van der Waals surface area (Å²) in [6.07, 6.45) is 0. The maximum absolute atomic E-state index is 13.3. The molecule has 1 aromatic rings. The van der Waals surface area contributed by atoms with Crippen molar-refractivity contribution in [3.8, 4) is 6.07 Å². The first kappa shape index (κ1) is 13.5. The third-order valence-electron chi connectivity index (χ3n) is 3.56. The Hall–Kier alpha value is -1.93. The third-order valence-corrected chi connectivity index (χ3v) is 3.56. The first-order valence-electron chi connectivity index (χ1n) is 6.17. The molecule has 1 heterocycles. The van der Waals surface area contributed by atoms with E-state index in [1.807, 2.05) is 18.7 Å². The highest BCUT2D eigenvalue weighted by atomic mass is 19.1. The van der Waals surface area contributed by atoms with Gasteiger partial charge in [-0.25, -0.2) is 4.39 Å². The number of nitrogens with zero attached hydrogens (tertiary/aromatic N) is 2. The zero-order chi connectivity index (χ0) is 14.0. The molecule has 5 heteroatoms. The number of benzene rings is 1. The number of nitrogens with one attached hydrogen (secondary N) is 1. The molecule has 0 bridgehead atoms. The molecule has 0 radical (unpaired) electrons. The van der Waals surface area contributed by atoms with Gasteiger partial charge in [-0.15, -0.1) is 0 Å². The molecular weight excluding hydrogens is 245 g/mol. The molecule has 0 spiro atoms. The zero-order valence-electron chi connectivity index (χ0n) is 11.0. The molecule has 2 rings (SSSR count). The highest BCUT2D eigenvalue weighted by Crippen LogP contribution is 2.22. The summed E-state index contributed by atoms with van der Waals surface area (Å²) in [5.74, 6) is -0.415. The first-order chi connectivity index (χ1) is 8.95. The van der Waals surface area contributed by atoms with Gasteiger partial charge in [-0.05, 0) is 37.6 Å². The van der Waals surface area contributed by atoms with Crippen molar-refractivity contribution in [3.05, 3.63) is 35.1 Å². The van der Waals surface area contributed by atoms with Crippen molar-refractivity contribution in [2.24, 2.45) is 0 Å². The topological polar surface area (TPSA) is 56.1 Å². The fourth-order valence-electron chi connectivity index (χ4n) is 2.23. The molecule has 1 N–H and O–H groups in total. The van der Waals surface area contributed by atoms with E-state index in [1.165, 1.54) is 18.2 Å². The summed E-state index contributed by atoms with van der Waals surface area (Å²) in [5.41, 5.74) is 0.408. The van der Waals surface area contributed by atoms with Gasteiger partial charge in [-0.2, -0.15) is 5.26 Å². The van der Waals surface area contributed by atoms with E-state index in [-0.39, 0.29) is 11.7 Å². The standard InChI is InChI=1S/C14H16FN3O/c1-14(2)13(19)17-5-6-18(14)9-11-7-12(15)4-3-10(11)8-16/h3-4,7H,5-6,9H2,1-2H3,(H,17,19). The molecule has 0 atom stereocenters. The molecule has 0 saturated carbocycles. The van der Waals surface area contributed by atoms with E-state index in [0.29, 0.717) is 30.8 Å². The second kappa shape index (κ2) is 4.98. The Morgan fingerprint density at radius 2 is 2.26 bits per heavy atom. The Morgan fingerprint density at radius 3 is 2.95 bits per heavy atom. The zero-order valence-corrected chi connectivity index (χ0v) is 11.0. The van der Waals surface area contributed by atoms with Crippen LogP contribution >= 0.6 is 0 Å². The first-order valence-corrected chi connectivity index (χ1v) is 6.17. The lowest BCUT2D eigenvalue weighted by atomic mass is 9.97. The quantitative estimate of drug-likeness (QED) is 0.875. The van der Waals surface area contributed by atoms with Crippen LogP contribution in [0.25, 0.3) is 0 Å². The van der Waals surface area contributed by atoms with Crippen LogP contribution in [0.2, 0.25) is 0 Å². The SMILES string of the molecule is CC1(C)C(=O)NCCN1Cc1cc(F)ccc1C#N. The maximum atomic E-state index is 13.3. The van der Waals surface area contributed by atoms with Crippen LogP contribution in [0.15, 0.2) is 18.2 Å². The molecule has 4 nitrogen and oxygen atoms in total. The van der Waals surface area contributed by atoms with Gasteiger partial charge in [0.25, 0.3) is 0 Å². The van der Waals surface area contributed by atoms with E-state index < -0.39 is 5.54 Å². The number of rotatable bonds is 2. The number of amides is 1. The minimum atomic E-state index is -0.655. The molecule has 19 heavy (non-hydrogen) atoms. The van der Waals surface area contributed by atoms with Crippen LogP contribution in [0.4, 0.5) is 4.39 Å². The molecular formula is C14H16FN3O. The molecule has 1 amide bonds. The molecule has 1 fully saturated rings. The summed E-state index contributed by atoms with van der Waals surface area (Å²) in [6, 6.07) is 6.17. The van der Waals surface area contributed by atoms with E-state index in [2.05, 4.69) is 11.4 Å². The Morgan fingerprint density at radius 1 is 1.53 bits per heavy atom. The van der Waals surface area contributed by atoms with Crippen molar-refractivity contribution < 1.29 is 9.18 Å². The number of nitriles is 1.